The molecule has 0 aliphatic carbocycles. The van der Waals surface area contributed by atoms with E-state index in [2.05, 4.69) is 21.7 Å². The molecule has 9 heteroatoms. The minimum atomic E-state index is -0.374. The van der Waals surface area contributed by atoms with Crippen LogP contribution in [0.5, 0.6) is 5.75 Å². The van der Waals surface area contributed by atoms with Crippen molar-refractivity contribution in [3.05, 3.63) is 70.4 Å². The third-order valence-corrected chi connectivity index (χ3v) is 7.10. The quantitative estimate of drug-likeness (QED) is 0.400. The molecule has 0 spiro atoms. The highest BCUT2D eigenvalue weighted by molar-refractivity contribution is 7.17. The first-order valence-electron chi connectivity index (χ1n) is 11.9. The monoisotopic (exact) mass is 504 g/mol. The predicted molar refractivity (Wildman–Crippen MR) is 138 cm³/mol. The average molecular weight is 505 g/mol. The molecule has 1 aromatic carbocycles. The van der Waals surface area contributed by atoms with Gasteiger partial charge in [0.1, 0.15) is 29.0 Å². The summed E-state index contributed by atoms with van der Waals surface area (Å²) in [5.74, 6) is -0.104. The lowest BCUT2D eigenvalue weighted by Gasteiger charge is -2.22. The highest BCUT2D eigenvalue weighted by atomic mass is 32.1. The number of rotatable bonds is 9. The molecule has 2 unspecified atom stereocenters. The number of thiophene rings is 1. The summed E-state index contributed by atoms with van der Waals surface area (Å²) in [5, 5.41) is 16.4. The standard InChI is InChI=1S/C27H28N4O4S/c1-3-34-21-8-4-7-19(11-21)17(2)10-24(32)31-26-22(13-28)25-23(36-26)12-20(15-30-25)27(33)35-16-18-6-5-9-29-14-18/h4-9,11,14,17,20,30H,3,10,12,15-16H2,1-2H3,(H,31,32). The van der Waals surface area contributed by atoms with Crippen LogP contribution in [0.15, 0.2) is 48.8 Å². The Hall–Kier alpha value is -3.90. The lowest BCUT2D eigenvalue weighted by molar-refractivity contribution is -0.149. The number of carbonyl (C=O) groups excluding carboxylic acids is 2. The average Bonchev–Trinajstić information content (AvgIpc) is 3.24. The largest absolute Gasteiger partial charge is 0.494 e. The van der Waals surface area contributed by atoms with Gasteiger partial charge in [0.05, 0.1) is 18.2 Å². The Kier molecular flexibility index (Phi) is 8.18. The fourth-order valence-corrected chi connectivity index (χ4v) is 5.32. The van der Waals surface area contributed by atoms with Crippen LogP contribution in [0.1, 0.15) is 47.8 Å². The molecule has 0 bridgehead atoms. The Balaban J connectivity index is 1.38. The van der Waals surface area contributed by atoms with E-state index < -0.39 is 0 Å². The minimum absolute atomic E-state index is 0.0254. The number of benzene rings is 1. The number of nitrogens with one attached hydrogen (secondary N) is 2. The van der Waals surface area contributed by atoms with E-state index in [1.165, 1.54) is 11.3 Å². The number of fused-ring (bicyclic) bond motifs is 1. The Morgan fingerprint density at radius 1 is 1.33 bits per heavy atom. The predicted octanol–water partition coefficient (Wildman–Crippen LogP) is 4.87. The van der Waals surface area contributed by atoms with Crippen molar-refractivity contribution in [2.45, 2.75) is 39.2 Å². The zero-order chi connectivity index (χ0) is 25.5. The van der Waals surface area contributed by atoms with Crippen LogP contribution in [0.25, 0.3) is 0 Å². The molecule has 0 saturated carbocycles. The Bertz CT molecular complexity index is 1270. The number of esters is 1. The summed E-state index contributed by atoms with van der Waals surface area (Å²) in [6.45, 7) is 5.02. The summed E-state index contributed by atoms with van der Waals surface area (Å²) in [6, 6.07) is 13.6. The molecule has 4 rings (SSSR count). The maximum atomic E-state index is 12.8. The number of hydrogen-bond donors (Lipinski definition) is 2. The van der Waals surface area contributed by atoms with Crippen molar-refractivity contribution in [3.8, 4) is 11.8 Å². The second kappa shape index (κ2) is 11.7. The molecule has 36 heavy (non-hydrogen) atoms. The smallest absolute Gasteiger partial charge is 0.311 e. The topological polar surface area (TPSA) is 113 Å². The van der Waals surface area contributed by atoms with Crippen LogP contribution in [0, 0.1) is 17.2 Å². The molecule has 0 saturated heterocycles. The van der Waals surface area contributed by atoms with Crippen LogP contribution in [0.2, 0.25) is 0 Å². The fraction of sp³-hybridized carbons (Fsp3) is 0.333. The third-order valence-electron chi connectivity index (χ3n) is 5.97. The third kappa shape index (κ3) is 6.01. The maximum absolute atomic E-state index is 12.8. The van der Waals surface area contributed by atoms with Gasteiger partial charge in [-0.05, 0) is 43.0 Å². The van der Waals surface area contributed by atoms with Crippen LogP contribution in [-0.4, -0.2) is 30.0 Å². The highest BCUT2D eigenvalue weighted by Crippen LogP contribution is 2.41. The normalized spacial score (nSPS) is 15.1. The van der Waals surface area contributed by atoms with E-state index in [4.69, 9.17) is 9.47 Å². The molecular weight excluding hydrogens is 476 g/mol. The van der Waals surface area contributed by atoms with Crippen molar-refractivity contribution >= 4 is 33.9 Å². The molecule has 0 radical (unpaired) electrons. The van der Waals surface area contributed by atoms with Gasteiger partial charge >= 0.3 is 5.97 Å². The lowest BCUT2D eigenvalue weighted by Crippen LogP contribution is -2.30. The number of aromatic nitrogens is 1. The van der Waals surface area contributed by atoms with Crippen molar-refractivity contribution in [1.82, 2.24) is 4.98 Å². The number of pyridine rings is 1. The van der Waals surface area contributed by atoms with E-state index in [9.17, 15) is 14.9 Å². The van der Waals surface area contributed by atoms with Crippen LogP contribution < -0.4 is 15.4 Å². The summed E-state index contributed by atoms with van der Waals surface area (Å²) >= 11 is 1.33. The van der Waals surface area contributed by atoms with Gasteiger partial charge in [-0.3, -0.25) is 14.6 Å². The first-order valence-corrected chi connectivity index (χ1v) is 12.7. The Morgan fingerprint density at radius 2 is 2.19 bits per heavy atom. The molecule has 1 aliphatic rings. The number of hydrogen-bond acceptors (Lipinski definition) is 8. The van der Waals surface area contributed by atoms with Gasteiger partial charge in [-0.1, -0.05) is 25.1 Å². The number of carbonyl (C=O) groups is 2. The summed E-state index contributed by atoms with van der Waals surface area (Å²) in [5.41, 5.74) is 2.92. The van der Waals surface area contributed by atoms with Gasteiger partial charge in [0.2, 0.25) is 5.91 Å². The first kappa shape index (κ1) is 25.2. The van der Waals surface area contributed by atoms with Gasteiger partial charge in [0.25, 0.3) is 0 Å². The van der Waals surface area contributed by atoms with Gasteiger partial charge in [0.15, 0.2) is 0 Å². The summed E-state index contributed by atoms with van der Waals surface area (Å²) in [6.07, 6.45) is 4.04. The molecule has 1 aliphatic heterocycles. The molecule has 2 atom stereocenters. The van der Waals surface area contributed by atoms with Gasteiger partial charge < -0.3 is 20.1 Å². The number of amides is 1. The Morgan fingerprint density at radius 3 is 2.94 bits per heavy atom. The van der Waals surface area contributed by atoms with Crippen LogP contribution in [0.3, 0.4) is 0 Å². The molecule has 2 aromatic heterocycles. The molecule has 8 nitrogen and oxygen atoms in total. The van der Waals surface area contributed by atoms with E-state index in [0.29, 0.717) is 35.8 Å². The van der Waals surface area contributed by atoms with E-state index >= 15 is 0 Å². The van der Waals surface area contributed by atoms with Crippen LogP contribution >= 0.6 is 11.3 Å². The van der Waals surface area contributed by atoms with Crippen molar-refractivity contribution in [3.63, 3.8) is 0 Å². The van der Waals surface area contributed by atoms with Crippen LogP contribution in [-0.2, 0) is 27.4 Å². The number of anilines is 2. The number of ether oxygens (including phenoxy) is 2. The van der Waals surface area contributed by atoms with Gasteiger partial charge in [-0.2, -0.15) is 5.26 Å². The number of nitrogens with zero attached hydrogens (tertiary/aromatic N) is 2. The van der Waals surface area contributed by atoms with E-state index in [-0.39, 0.29) is 36.7 Å². The van der Waals surface area contributed by atoms with Crippen molar-refractivity contribution in [1.29, 1.82) is 5.26 Å². The molecule has 0 fully saturated rings. The molecular formula is C27H28N4O4S. The zero-order valence-electron chi connectivity index (χ0n) is 20.2. The molecule has 1 amide bonds. The van der Waals surface area contributed by atoms with Crippen molar-refractivity contribution < 1.29 is 19.1 Å². The summed E-state index contributed by atoms with van der Waals surface area (Å²) < 4.78 is 11.0. The van der Waals surface area contributed by atoms with Crippen molar-refractivity contribution in [2.24, 2.45) is 5.92 Å². The molecule has 2 N–H and O–H groups in total. The van der Waals surface area contributed by atoms with Crippen molar-refractivity contribution in [2.75, 3.05) is 23.8 Å². The number of nitriles is 1. The minimum Gasteiger partial charge on any atom is -0.494 e. The first-order chi connectivity index (χ1) is 17.5. The summed E-state index contributed by atoms with van der Waals surface area (Å²) in [7, 11) is 0. The van der Waals surface area contributed by atoms with Gasteiger partial charge in [-0.15, -0.1) is 11.3 Å². The fourth-order valence-electron chi connectivity index (χ4n) is 4.10. The molecule has 3 aromatic rings. The molecule has 3 heterocycles. The summed E-state index contributed by atoms with van der Waals surface area (Å²) in [4.78, 5) is 30.3. The lowest BCUT2D eigenvalue weighted by atomic mass is 9.97. The zero-order valence-corrected chi connectivity index (χ0v) is 21.1. The maximum Gasteiger partial charge on any atom is 0.311 e. The van der Waals surface area contributed by atoms with Crippen LogP contribution in [0.4, 0.5) is 10.7 Å². The van der Waals surface area contributed by atoms with E-state index in [0.717, 1.165) is 21.8 Å². The Labute approximate surface area is 214 Å². The second-order valence-electron chi connectivity index (χ2n) is 8.63. The SMILES string of the molecule is CCOc1cccc(C(C)CC(=O)Nc2sc3c(c2C#N)NCC(C(=O)OCc2cccnc2)C3)c1. The van der Waals surface area contributed by atoms with Gasteiger partial charge in [0, 0.05) is 35.8 Å². The van der Waals surface area contributed by atoms with E-state index in [1.807, 2.05) is 44.2 Å². The highest BCUT2D eigenvalue weighted by Gasteiger charge is 2.31. The molecule has 186 valence electrons. The van der Waals surface area contributed by atoms with E-state index in [1.54, 1.807) is 18.5 Å². The second-order valence-corrected chi connectivity index (χ2v) is 9.73. The van der Waals surface area contributed by atoms with Gasteiger partial charge in [-0.25, -0.2) is 0 Å².